The van der Waals surface area contributed by atoms with E-state index in [-0.39, 0.29) is 4.90 Å². The maximum absolute atomic E-state index is 10.3. The van der Waals surface area contributed by atoms with Crippen LogP contribution in [0.2, 0.25) is 5.02 Å². The van der Waals surface area contributed by atoms with Gasteiger partial charge in [0.1, 0.15) is 10.1 Å². The summed E-state index contributed by atoms with van der Waals surface area (Å²) in [6.07, 6.45) is 1.89. The molecule has 0 spiro atoms. The number of aromatic amines is 1. The molecular weight excluding hydrogens is 270 g/mol. The summed E-state index contributed by atoms with van der Waals surface area (Å²) in [4.78, 5) is 2.62. The first-order valence-electron chi connectivity index (χ1n) is 4.10. The van der Waals surface area contributed by atoms with Crippen LogP contribution in [0, 0.1) is 0 Å². The Morgan fingerprint density at radius 1 is 1.25 bits per heavy atom. The van der Waals surface area contributed by atoms with Crippen molar-refractivity contribution in [2.75, 3.05) is 0 Å². The van der Waals surface area contributed by atoms with Gasteiger partial charge in [0.25, 0.3) is 0 Å². The summed E-state index contributed by atoms with van der Waals surface area (Å²) in [5.74, 6) is 0. The Morgan fingerprint density at radius 3 is 2.19 bits per heavy atom. The van der Waals surface area contributed by atoms with Gasteiger partial charge in [0, 0.05) is 5.02 Å². The van der Waals surface area contributed by atoms with Crippen molar-refractivity contribution in [1.82, 2.24) is 0 Å². The van der Waals surface area contributed by atoms with Gasteiger partial charge in [-0.05, 0) is 24.3 Å². The molecule has 0 amide bonds. The lowest BCUT2D eigenvalue weighted by molar-refractivity contribution is -0.370. The number of aromatic nitrogens is 1. The molecule has 0 saturated heterocycles. The Hall–Kier alpha value is -0.950. The Balaban J connectivity index is 0.000000212. The van der Waals surface area contributed by atoms with E-state index in [1.165, 1.54) is 24.3 Å². The predicted molar refractivity (Wildman–Crippen MR) is 60.3 cm³/mol. The second-order valence-corrected chi connectivity index (χ2v) is 5.23. The number of benzene rings is 1. The molecule has 0 saturated carbocycles. The third-order valence-corrected chi connectivity index (χ3v) is 3.15. The molecule has 4 nitrogen and oxygen atoms in total. The maximum atomic E-state index is 10.3. The molecule has 0 aliphatic carbocycles. The predicted octanol–water partition coefficient (Wildman–Crippen LogP) is 1.81. The molecular formula is C9H8ClNO3S2. The van der Waals surface area contributed by atoms with Crippen LogP contribution >= 0.6 is 22.9 Å². The summed E-state index contributed by atoms with van der Waals surface area (Å²) in [6.45, 7) is 0. The summed E-state index contributed by atoms with van der Waals surface area (Å²) in [5.41, 5.74) is 1.92. The number of hydrogen-bond donors (Lipinski definition) is 0. The fourth-order valence-corrected chi connectivity index (χ4v) is 1.79. The molecule has 7 heteroatoms. The van der Waals surface area contributed by atoms with Crippen LogP contribution in [-0.2, 0) is 10.1 Å². The Kier molecular flexibility index (Phi) is 4.88. The number of rotatable bonds is 1. The van der Waals surface area contributed by atoms with Crippen molar-refractivity contribution in [2.45, 2.75) is 4.90 Å². The third-order valence-electron chi connectivity index (χ3n) is 1.48. The number of halogens is 1. The molecule has 86 valence electrons. The molecule has 1 aromatic carbocycles. The molecule has 1 heterocycles. The monoisotopic (exact) mass is 277 g/mol. The van der Waals surface area contributed by atoms with Crippen molar-refractivity contribution >= 4 is 33.1 Å². The molecule has 2 aromatic rings. The molecule has 0 fully saturated rings. The highest BCUT2D eigenvalue weighted by Gasteiger charge is 1.98. The summed E-state index contributed by atoms with van der Waals surface area (Å²) < 4.78 is 31.0. The van der Waals surface area contributed by atoms with Gasteiger partial charge in [0.05, 0.1) is 10.3 Å². The van der Waals surface area contributed by atoms with E-state index >= 15 is 0 Å². The van der Waals surface area contributed by atoms with E-state index in [0.29, 0.717) is 5.02 Å². The second-order valence-electron chi connectivity index (χ2n) is 2.63. The van der Waals surface area contributed by atoms with Gasteiger partial charge in [-0.2, -0.15) is 0 Å². The fraction of sp³-hybridized carbons (Fsp3) is 0. The van der Waals surface area contributed by atoms with Gasteiger partial charge in [0.2, 0.25) is 5.51 Å². The molecule has 1 N–H and O–H groups in total. The number of H-pyrrole nitrogens is 1. The van der Waals surface area contributed by atoms with Crippen LogP contribution in [0.4, 0.5) is 0 Å². The molecule has 0 radical (unpaired) electrons. The first-order valence-corrected chi connectivity index (χ1v) is 6.83. The van der Waals surface area contributed by atoms with Crippen LogP contribution in [0.1, 0.15) is 0 Å². The first-order chi connectivity index (χ1) is 7.50. The topological polar surface area (TPSA) is 71.3 Å². The summed E-state index contributed by atoms with van der Waals surface area (Å²) in [5, 5.41) is 2.39. The van der Waals surface area contributed by atoms with Crippen LogP contribution in [0.15, 0.2) is 46.2 Å². The van der Waals surface area contributed by atoms with E-state index in [0.717, 1.165) is 0 Å². The first kappa shape index (κ1) is 13.1. The minimum Gasteiger partial charge on any atom is -0.744 e. The SMILES string of the molecule is O=S(=O)([O-])c1ccc(Cl)cc1.c1csc[nH+]1. The van der Waals surface area contributed by atoms with Gasteiger partial charge in [-0.25, -0.2) is 13.4 Å². The average molecular weight is 278 g/mol. The highest BCUT2D eigenvalue weighted by atomic mass is 35.5. The summed E-state index contributed by atoms with van der Waals surface area (Å²) in [7, 11) is -4.33. The smallest absolute Gasteiger partial charge is 0.222 e. The van der Waals surface area contributed by atoms with E-state index in [1.807, 2.05) is 17.1 Å². The molecule has 0 atom stereocenters. The highest BCUT2D eigenvalue weighted by molar-refractivity contribution is 7.85. The normalized spacial score (nSPS) is 10.4. The minimum absolute atomic E-state index is 0.262. The Labute approximate surface area is 102 Å². The van der Waals surface area contributed by atoms with E-state index in [4.69, 9.17) is 11.6 Å². The van der Waals surface area contributed by atoms with Gasteiger partial charge in [-0.1, -0.05) is 22.9 Å². The van der Waals surface area contributed by atoms with Crippen molar-refractivity contribution in [2.24, 2.45) is 0 Å². The Bertz CT molecular complexity index is 491. The van der Waals surface area contributed by atoms with Crippen LogP contribution < -0.4 is 4.98 Å². The zero-order valence-corrected chi connectivity index (χ0v) is 10.3. The standard InChI is InChI=1S/C6H5ClO3S.C3H3NS/c7-5-1-3-6(4-2-5)11(8,9)10;1-2-5-3-4-1/h1-4H,(H,8,9,10);1-3H. The molecule has 1 aromatic heterocycles. The lowest BCUT2D eigenvalue weighted by Crippen LogP contribution is -1.97. The van der Waals surface area contributed by atoms with Crippen LogP contribution in [0.3, 0.4) is 0 Å². The molecule has 16 heavy (non-hydrogen) atoms. The quantitative estimate of drug-likeness (QED) is 0.746. The Morgan fingerprint density at radius 2 is 1.88 bits per heavy atom. The molecule has 2 rings (SSSR count). The van der Waals surface area contributed by atoms with Crippen LogP contribution in [0.25, 0.3) is 0 Å². The van der Waals surface area contributed by atoms with Crippen molar-refractivity contribution in [3.8, 4) is 0 Å². The zero-order chi connectivity index (χ0) is 12.0. The second kappa shape index (κ2) is 5.95. The minimum atomic E-state index is -4.33. The number of thiazole rings is 1. The van der Waals surface area contributed by atoms with Gasteiger partial charge >= 0.3 is 0 Å². The van der Waals surface area contributed by atoms with E-state index < -0.39 is 10.1 Å². The highest BCUT2D eigenvalue weighted by Crippen LogP contribution is 2.12. The van der Waals surface area contributed by atoms with Gasteiger partial charge in [0.15, 0.2) is 6.20 Å². The van der Waals surface area contributed by atoms with Gasteiger partial charge < -0.3 is 4.55 Å². The van der Waals surface area contributed by atoms with Crippen LogP contribution in [0.5, 0.6) is 0 Å². The number of hydrogen-bond acceptors (Lipinski definition) is 4. The molecule has 0 unspecified atom stereocenters. The molecule has 0 bridgehead atoms. The third kappa shape index (κ3) is 4.71. The van der Waals surface area contributed by atoms with Crippen molar-refractivity contribution in [1.29, 1.82) is 0 Å². The fourth-order valence-electron chi connectivity index (χ4n) is 0.798. The lowest BCUT2D eigenvalue weighted by Gasteiger charge is -2.05. The summed E-state index contributed by atoms with van der Waals surface area (Å²) in [6, 6.07) is 5.05. The average Bonchev–Trinajstić information content (AvgIpc) is 2.74. The largest absolute Gasteiger partial charge is 0.744 e. The zero-order valence-electron chi connectivity index (χ0n) is 7.96. The van der Waals surface area contributed by atoms with Crippen LogP contribution in [-0.4, -0.2) is 13.0 Å². The van der Waals surface area contributed by atoms with E-state index in [2.05, 4.69) is 4.98 Å². The van der Waals surface area contributed by atoms with Crippen molar-refractivity contribution < 1.29 is 18.0 Å². The van der Waals surface area contributed by atoms with E-state index in [1.54, 1.807) is 11.3 Å². The van der Waals surface area contributed by atoms with Crippen molar-refractivity contribution in [3.63, 3.8) is 0 Å². The maximum Gasteiger partial charge on any atom is 0.222 e. The molecule has 0 aliphatic heterocycles. The lowest BCUT2D eigenvalue weighted by atomic mass is 10.4. The number of nitrogens with one attached hydrogen (secondary N) is 1. The van der Waals surface area contributed by atoms with Crippen molar-refractivity contribution in [3.05, 3.63) is 46.4 Å². The van der Waals surface area contributed by atoms with Gasteiger partial charge in [-0.15, -0.1) is 0 Å². The van der Waals surface area contributed by atoms with E-state index in [9.17, 15) is 13.0 Å². The summed E-state index contributed by atoms with van der Waals surface area (Å²) >= 11 is 7.12. The molecule has 0 aliphatic rings. The van der Waals surface area contributed by atoms with Gasteiger partial charge in [-0.3, -0.25) is 0 Å².